The predicted octanol–water partition coefficient (Wildman–Crippen LogP) is 3.92. The molecular weight excluding hydrogens is 412 g/mol. The molecule has 1 amide bonds. The number of benzene rings is 1. The van der Waals surface area contributed by atoms with Crippen LogP contribution in [0.4, 0.5) is 5.69 Å². The fourth-order valence-corrected chi connectivity index (χ4v) is 4.71. The van der Waals surface area contributed by atoms with Crippen molar-refractivity contribution < 1.29 is 9.90 Å². The van der Waals surface area contributed by atoms with Gasteiger partial charge in [-0.05, 0) is 43.0 Å². The Labute approximate surface area is 183 Å². The van der Waals surface area contributed by atoms with Crippen LogP contribution < -0.4 is 5.32 Å². The SMILES string of the molecule is CC(C)(C)C(=O)Nc1ccc(-n2cc(C(O)c3c(C4CC4)sc4cncn34)nn2)cc1. The number of aliphatic hydroxyl groups is 1. The molecule has 0 spiro atoms. The second-order valence-electron chi connectivity index (χ2n) is 8.97. The fraction of sp³-hybridized carbons (Fsp3) is 0.364. The normalized spacial score (nSPS) is 15.4. The zero-order valence-electron chi connectivity index (χ0n) is 17.6. The minimum absolute atomic E-state index is 0.0422. The third-order valence-corrected chi connectivity index (χ3v) is 6.67. The van der Waals surface area contributed by atoms with Crippen molar-refractivity contribution in [2.24, 2.45) is 5.41 Å². The molecule has 0 aliphatic heterocycles. The van der Waals surface area contributed by atoms with Crippen LogP contribution in [-0.2, 0) is 4.79 Å². The van der Waals surface area contributed by atoms with Gasteiger partial charge >= 0.3 is 0 Å². The number of hydrogen-bond donors (Lipinski definition) is 2. The number of nitrogens with one attached hydrogen (secondary N) is 1. The van der Waals surface area contributed by atoms with Crippen LogP contribution in [0.5, 0.6) is 0 Å². The molecule has 1 aromatic carbocycles. The minimum Gasteiger partial charge on any atom is -0.380 e. The lowest BCUT2D eigenvalue weighted by molar-refractivity contribution is -0.123. The third kappa shape index (κ3) is 3.75. The highest BCUT2D eigenvalue weighted by atomic mass is 32.1. The molecule has 1 unspecified atom stereocenters. The summed E-state index contributed by atoms with van der Waals surface area (Å²) in [6, 6.07) is 7.38. The topological polar surface area (TPSA) is 97.3 Å². The van der Waals surface area contributed by atoms with E-state index in [0.717, 1.165) is 34.7 Å². The number of aliphatic hydroxyl groups excluding tert-OH is 1. The molecule has 1 aliphatic carbocycles. The lowest BCUT2D eigenvalue weighted by Gasteiger charge is -2.17. The van der Waals surface area contributed by atoms with Gasteiger partial charge in [0.05, 0.1) is 23.8 Å². The van der Waals surface area contributed by atoms with Crippen molar-refractivity contribution in [2.75, 3.05) is 5.32 Å². The van der Waals surface area contributed by atoms with E-state index in [1.54, 1.807) is 28.5 Å². The first kappa shape index (κ1) is 19.9. The van der Waals surface area contributed by atoms with Crippen LogP contribution in [0.15, 0.2) is 43.0 Å². The number of aromatic nitrogens is 5. The van der Waals surface area contributed by atoms with E-state index < -0.39 is 11.5 Å². The summed E-state index contributed by atoms with van der Waals surface area (Å²) in [5, 5.41) is 22.5. The van der Waals surface area contributed by atoms with Gasteiger partial charge in [0, 0.05) is 16.0 Å². The highest BCUT2D eigenvalue weighted by Crippen LogP contribution is 2.47. The van der Waals surface area contributed by atoms with Gasteiger partial charge in [-0.25, -0.2) is 9.67 Å². The number of imidazole rings is 1. The maximum absolute atomic E-state index is 12.2. The van der Waals surface area contributed by atoms with Gasteiger partial charge in [-0.15, -0.1) is 16.4 Å². The third-order valence-electron chi connectivity index (χ3n) is 5.40. The first-order valence-electron chi connectivity index (χ1n) is 10.3. The van der Waals surface area contributed by atoms with E-state index in [0.29, 0.717) is 11.6 Å². The first-order valence-corrected chi connectivity index (χ1v) is 11.1. The van der Waals surface area contributed by atoms with Crippen LogP contribution in [-0.4, -0.2) is 35.4 Å². The van der Waals surface area contributed by atoms with E-state index in [1.165, 1.54) is 4.88 Å². The molecule has 1 fully saturated rings. The molecule has 4 aromatic rings. The van der Waals surface area contributed by atoms with Crippen LogP contribution in [0, 0.1) is 5.41 Å². The summed E-state index contributed by atoms with van der Waals surface area (Å²) in [5.74, 6) is 0.472. The van der Waals surface area contributed by atoms with Crippen molar-refractivity contribution in [1.82, 2.24) is 24.4 Å². The summed E-state index contributed by atoms with van der Waals surface area (Å²) in [6.07, 6.45) is 6.74. The minimum atomic E-state index is -0.877. The van der Waals surface area contributed by atoms with Gasteiger partial charge in [-0.1, -0.05) is 26.0 Å². The van der Waals surface area contributed by atoms with Crippen LogP contribution >= 0.6 is 11.3 Å². The summed E-state index contributed by atoms with van der Waals surface area (Å²) >= 11 is 1.69. The average Bonchev–Trinajstić information content (AvgIpc) is 3.13. The number of rotatable bonds is 5. The standard InChI is InChI=1S/C22H24N6O2S/c1-22(2,3)21(30)24-14-6-8-15(9-7-14)28-11-16(25-26-28)19(29)18-20(13-4-5-13)31-17-10-23-12-27(17)18/h6-13,19,29H,4-5H2,1-3H3,(H,24,30). The molecule has 160 valence electrons. The van der Waals surface area contributed by atoms with Gasteiger partial charge in [-0.2, -0.15) is 0 Å². The molecule has 3 heterocycles. The van der Waals surface area contributed by atoms with Crippen molar-refractivity contribution in [3.05, 3.63) is 59.3 Å². The van der Waals surface area contributed by atoms with Gasteiger partial charge < -0.3 is 10.4 Å². The van der Waals surface area contributed by atoms with Gasteiger partial charge in [0.2, 0.25) is 5.91 Å². The number of hydrogen-bond acceptors (Lipinski definition) is 6. The van der Waals surface area contributed by atoms with E-state index in [9.17, 15) is 9.90 Å². The summed E-state index contributed by atoms with van der Waals surface area (Å²) < 4.78 is 3.58. The Morgan fingerprint density at radius 2 is 2.00 bits per heavy atom. The van der Waals surface area contributed by atoms with Gasteiger partial charge in [0.15, 0.2) is 0 Å². The molecule has 3 aromatic heterocycles. The van der Waals surface area contributed by atoms with Crippen LogP contribution in [0.2, 0.25) is 0 Å². The Kier molecular flexibility index (Phi) is 4.67. The number of nitrogens with zero attached hydrogens (tertiary/aromatic N) is 5. The van der Waals surface area contributed by atoms with Crippen LogP contribution in [0.3, 0.4) is 0 Å². The Morgan fingerprint density at radius 3 is 2.68 bits per heavy atom. The van der Waals surface area contributed by atoms with E-state index in [-0.39, 0.29) is 5.91 Å². The lowest BCUT2D eigenvalue weighted by atomic mass is 9.95. The molecule has 5 rings (SSSR count). The van der Waals surface area contributed by atoms with Crippen LogP contribution in [0.1, 0.15) is 61.9 Å². The maximum Gasteiger partial charge on any atom is 0.229 e. The second-order valence-corrected chi connectivity index (χ2v) is 10.0. The smallest absolute Gasteiger partial charge is 0.229 e. The van der Waals surface area contributed by atoms with Gasteiger partial charge in [0.25, 0.3) is 0 Å². The van der Waals surface area contributed by atoms with E-state index in [1.807, 2.05) is 55.6 Å². The number of thiazole rings is 1. The molecule has 0 bridgehead atoms. The fourth-order valence-electron chi connectivity index (χ4n) is 3.41. The van der Waals surface area contributed by atoms with Gasteiger partial charge in [0.1, 0.15) is 23.0 Å². The summed E-state index contributed by atoms with van der Waals surface area (Å²) in [4.78, 5) is 18.6. The molecule has 8 nitrogen and oxygen atoms in total. The molecule has 1 atom stereocenters. The quantitative estimate of drug-likeness (QED) is 0.494. The van der Waals surface area contributed by atoms with Gasteiger partial charge in [-0.3, -0.25) is 9.20 Å². The number of carbonyl (C=O) groups is 1. The molecule has 2 N–H and O–H groups in total. The van der Waals surface area contributed by atoms with Crippen molar-refractivity contribution in [1.29, 1.82) is 0 Å². The molecule has 1 saturated carbocycles. The van der Waals surface area contributed by atoms with E-state index in [2.05, 4.69) is 20.6 Å². The van der Waals surface area contributed by atoms with E-state index in [4.69, 9.17) is 0 Å². The number of fused-ring (bicyclic) bond motifs is 1. The Hall–Kier alpha value is -3.04. The lowest BCUT2D eigenvalue weighted by Crippen LogP contribution is -2.27. The molecule has 9 heteroatoms. The van der Waals surface area contributed by atoms with Crippen molar-refractivity contribution in [3.63, 3.8) is 0 Å². The summed E-state index contributed by atoms with van der Waals surface area (Å²) in [6.45, 7) is 5.62. The average molecular weight is 437 g/mol. The number of carbonyl (C=O) groups excluding carboxylic acids is 1. The molecule has 0 saturated heterocycles. The van der Waals surface area contributed by atoms with E-state index >= 15 is 0 Å². The Morgan fingerprint density at radius 1 is 1.26 bits per heavy atom. The second kappa shape index (κ2) is 7.28. The predicted molar refractivity (Wildman–Crippen MR) is 119 cm³/mol. The largest absolute Gasteiger partial charge is 0.380 e. The number of anilines is 1. The molecule has 1 aliphatic rings. The van der Waals surface area contributed by atoms with Crippen molar-refractivity contribution in [3.8, 4) is 5.69 Å². The molecule has 0 radical (unpaired) electrons. The van der Waals surface area contributed by atoms with Crippen molar-refractivity contribution >= 4 is 27.8 Å². The highest BCUT2D eigenvalue weighted by Gasteiger charge is 2.33. The van der Waals surface area contributed by atoms with Crippen molar-refractivity contribution in [2.45, 2.75) is 45.6 Å². The Balaban J connectivity index is 1.39. The monoisotopic (exact) mass is 436 g/mol. The first-order chi connectivity index (χ1) is 14.8. The molecule has 31 heavy (non-hydrogen) atoms. The molecular formula is C22H24N6O2S. The highest BCUT2D eigenvalue weighted by molar-refractivity contribution is 7.17. The zero-order valence-corrected chi connectivity index (χ0v) is 18.4. The maximum atomic E-state index is 12.2. The van der Waals surface area contributed by atoms with Crippen LogP contribution in [0.25, 0.3) is 10.5 Å². The zero-order chi connectivity index (χ0) is 21.8. The summed E-state index contributed by atoms with van der Waals surface area (Å²) in [5.41, 5.74) is 2.38. The Bertz CT molecular complexity index is 1240. The summed E-state index contributed by atoms with van der Waals surface area (Å²) in [7, 11) is 0. The number of amides is 1.